The van der Waals surface area contributed by atoms with E-state index in [0.29, 0.717) is 18.0 Å². The second-order valence-electron chi connectivity index (χ2n) is 7.99. The predicted molar refractivity (Wildman–Crippen MR) is 108 cm³/mol. The summed E-state index contributed by atoms with van der Waals surface area (Å²) in [7, 11) is 0. The molecule has 1 saturated heterocycles. The average molecular weight is 389 g/mol. The summed E-state index contributed by atoms with van der Waals surface area (Å²) in [6.07, 6.45) is 0.975. The smallest absolute Gasteiger partial charge is 0.265 e. The lowest BCUT2D eigenvalue weighted by Crippen LogP contribution is -2.47. The van der Waals surface area contributed by atoms with Gasteiger partial charge >= 0.3 is 0 Å². The molecule has 2 amide bonds. The van der Waals surface area contributed by atoms with Crippen molar-refractivity contribution in [3.8, 4) is 5.75 Å². The van der Waals surface area contributed by atoms with Gasteiger partial charge in [-0.1, -0.05) is 26.8 Å². The van der Waals surface area contributed by atoms with Crippen LogP contribution >= 0.6 is 0 Å². The molecule has 7 nitrogen and oxygen atoms in total. The number of carbonyl (C=O) groups is 2. The lowest BCUT2D eigenvalue weighted by Gasteiger charge is -2.32. The van der Waals surface area contributed by atoms with Crippen molar-refractivity contribution < 1.29 is 19.1 Å². The maximum absolute atomic E-state index is 12.5. The standard InChI is InChI=1S/C21H31N3O4/c1-4-21(2,3)16-5-6-18-17(13-16)24(20(26)15-28-18)14-19(25)22-7-8-23-9-11-27-12-10-23/h5-6,13H,4,7-12,14-15H2,1-3H3,(H,22,25). The van der Waals surface area contributed by atoms with Crippen LogP contribution in [-0.2, 0) is 19.7 Å². The van der Waals surface area contributed by atoms with Crippen LogP contribution in [0.25, 0.3) is 0 Å². The number of ether oxygens (including phenoxy) is 2. The van der Waals surface area contributed by atoms with Gasteiger partial charge < -0.3 is 14.8 Å². The molecule has 0 aliphatic carbocycles. The van der Waals surface area contributed by atoms with E-state index in [2.05, 4.69) is 31.0 Å². The number of fused-ring (bicyclic) bond motifs is 1. The Hall–Kier alpha value is -2.12. The molecule has 28 heavy (non-hydrogen) atoms. The Morgan fingerprint density at radius 2 is 2.00 bits per heavy atom. The van der Waals surface area contributed by atoms with E-state index in [9.17, 15) is 9.59 Å². The van der Waals surface area contributed by atoms with E-state index in [1.165, 1.54) is 4.90 Å². The van der Waals surface area contributed by atoms with Crippen LogP contribution in [0, 0.1) is 0 Å². The molecule has 1 N–H and O–H groups in total. The topological polar surface area (TPSA) is 71.1 Å². The van der Waals surface area contributed by atoms with Gasteiger partial charge in [-0.2, -0.15) is 0 Å². The Morgan fingerprint density at radius 3 is 2.71 bits per heavy atom. The number of hydrogen-bond acceptors (Lipinski definition) is 5. The van der Waals surface area contributed by atoms with Gasteiger partial charge in [-0.15, -0.1) is 0 Å². The molecule has 0 spiro atoms. The zero-order valence-electron chi connectivity index (χ0n) is 17.1. The van der Waals surface area contributed by atoms with Gasteiger partial charge in [0.2, 0.25) is 5.91 Å². The largest absolute Gasteiger partial charge is 0.482 e. The summed E-state index contributed by atoms with van der Waals surface area (Å²) in [4.78, 5) is 28.7. The molecule has 2 aliphatic rings. The normalized spacial score (nSPS) is 17.8. The number of benzene rings is 1. The fourth-order valence-corrected chi connectivity index (χ4v) is 3.38. The highest BCUT2D eigenvalue weighted by Gasteiger charge is 2.29. The van der Waals surface area contributed by atoms with Crippen molar-refractivity contribution in [1.82, 2.24) is 10.2 Å². The van der Waals surface area contributed by atoms with Crippen molar-refractivity contribution in [3.05, 3.63) is 23.8 Å². The first-order chi connectivity index (χ1) is 13.4. The van der Waals surface area contributed by atoms with Crippen LogP contribution < -0.4 is 15.0 Å². The van der Waals surface area contributed by atoms with E-state index in [1.807, 2.05) is 18.2 Å². The molecule has 0 bridgehead atoms. The van der Waals surface area contributed by atoms with Gasteiger partial charge in [0.1, 0.15) is 12.3 Å². The van der Waals surface area contributed by atoms with Crippen LogP contribution in [0.3, 0.4) is 0 Å². The Bertz CT molecular complexity index is 714. The molecule has 7 heteroatoms. The van der Waals surface area contributed by atoms with Gasteiger partial charge in [-0.25, -0.2) is 0 Å². The highest BCUT2D eigenvalue weighted by molar-refractivity contribution is 6.02. The molecule has 2 heterocycles. The lowest BCUT2D eigenvalue weighted by atomic mass is 9.82. The summed E-state index contributed by atoms with van der Waals surface area (Å²) in [6.45, 7) is 11.1. The maximum atomic E-state index is 12.5. The van der Waals surface area contributed by atoms with E-state index >= 15 is 0 Å². The summed E-state index contributed by atoms with van der Waals surface area (Å²) >= 11 is 0. The monoisotopic (exact) mass is 389 g/mol. The van der Waals surface area contributed by atoms with E-state index in [1.54, 1.807) is 0 Å². The SMILES string of the molecule is CCC(C)(C)c1ccc2c(c1)N(CC(=O)NCCN1CCOCC1)C(=O)CO2. The van der Waals surface area contributed by atoms with Gasteiger partial charge in [-0.05, 0) is 29.5 Å². The number of nitrogens with one attached hydrogen (secondary N) is 1. The number of morpholine rings is 1. The van der Waals surface area contributed by atoms with Crippen molar-refractivity contribution in [3.63, 3.8) is 0 Å². The fourth-order valence-electron chi connectivity index (χ4n) is 3.38. The zero-order valence-corrected chi connectivity index (χ0v) is 17.1. The van der Waals surface area contributed by atoms with Crippen LogP contribution in [0.5, 0.6) is 5.75 Å². The summed E-state index contributed by atoms with van der Waals surface area (Å²) in [6, 6.07) is 5.92. The Kier molecular flexibility index (Phi) is 6.57. The molecule has 0 aromatic heterocycles. The third kappa shape index (κ3) is 4.83. The van der Waals surface area contributed by atoms with Crippen LogP contribution in [0.1, 0.15) is 32.8 Å². The van der Waals surface area contributed by atoms with Crippen molar-refractivity contribution in [2.45, 2.75) is 32.6 Å². The van der Waals surface area contributed by atoms with Crippen LogP contribution in [-0.4, -0.2) is 69.3 Å². The van der Waals surface area contributed by atoms with Crippen molar-refractivity contribution in [1.29, 1.82) is 0 Å². The average Bonchev–Trinajstić information content (AvgIpc) is 2.70. The molecule has 1 aromatic rings. The minimum atomic E-state index is -0.192. The number of hydrogen-bond donors (Lipinski definition) is 1. The Morgan fingerprint density at radius 1 is 1.25 bits per heavy atom. The zero-order chi connectivity index (χ0) is 20.1. The number of carbonyl (C=O) groups excluding carboxylic acids is 2. The van der Waals surface area contributed by atoms with Gasteiger partial charge in [0, 0.05) is 26.2 Å². The van der Waals surface area contributed by atoms with Crippen LogP contribution in [0.15, 0.2) is 18.2 Å². The molecule has 0 unspecified atom stereocenters. The van der Waals surface area contributed by atoms with Crippen LogP contribution in [0.4, 0.5) is 5.69 Å². The molecule has 3 rings (SSSR count). The molecule has 1 fully saturated rings. The number of amides is 2. The molecular weight excluding hydrogens is 358 g/mol. The second-order valence-corrected chi connectivity index (χ2v) is 7.99. The third-order valence-corrected chi connectivity index (χ3v) is 5.72. The van der Waals surface area contributed by atoms with Crippen molar-refractivity contribution in [2.24, 2.45) is 0 Å². The first kappa shape index (κ1) is 20.6. The molecule has 0 atom stereocenters. The molecule has 2 aliphatic heterocycles. The molecule has 1 aromatic carbocycles. The first-order valence-electron chi connectivity index (χ1n) is 10.0. The third-order valence-electron chi connectivity index (χ3n) is 5.72. The highest BCUT2D eigenvalue weighted by atomic mass is 16.5. The molecule has 154 valence electrons. The van der Waals surface area contributed by atoms with E-state index in [0.717, 1.165) is 44.8 Å². The van der Waals surface area contributed by atoms with Gasteiger partial charge in [0.05, 0.1) is 18.9 Å². The number of anilines is 1. The fraction of sp³-hybridized carbons (Fsp3) is 0.619. The van der Waals surface area contributed by atoms with E-state index in [4.69, 9.17) is 9.47 Å². The van der Waals surface area contributed by atoms with Crippen molar-refractivity contribution in [2.75, 3.05) is 57.4 Å². The second kappa shape index (κ2) is 8.92. The minimum absolute atomic E-state index is 0.00825. The number of rotatable bonds is 7. The van der Waals surface area contributed by atoms with Crippen LogP contribution in [0.2, 0.25) is 0 Å². The van der Waals surface area contributed by atoms with E-state index in [-0.39, 0.29) is 30.4 Å². The van der Waals surface area contributed by atoms with Gasteiger partial charge in [0.25, 0.3) is 5.91 Å². The highest BCUT2D eigenvalue weighted by Crippen LogP contribution is 2.37. The summed E-state index contributed by atoms with van der Waals surface area (Å²) in [5.41, 5.74) is 1.80. The van der Waals surface area contributed by atoms with Crippen molar-refractivity contribution >= 4 is 17.5 Å². The lowest BCUT2D eigenvalue weighted by molar-refractivity contribution is -0.125. The molecule has 0 radical (unpaired) electrons. The number of nitrogens with zero attached hydrogens (tertiary/aromatic N) is 2. The van der Waals surface area contributed by atoms with Gasteiger partial charge in [0.15, 0.2) is 6.61 Å². The predicted octanol–water partition coefficient (Wildman–Crippen LogP) is 1.55. The summed E-state index contributed by atoms with van der Waals surface area (Å²) < 4.78 is 10.9. The maximum Gasteiger partial charge on any atom is 0.265 e. The Labute approximate surface area is 167 Å². The Balaban J connectivity index is 1.64. The van der Waals surface area contributed by atoms with E-state index < -0.39 is 0 Å². The first-order valence-corrected chi connectivity index (χ1v) is 10.0. The van der Waals surface area contributed by atoms with Gasteiger partial charge in [-0.3, -0.25) is 19.4 Å². The molecule has 0 saturated carbocycles. The minimum Gasteiger partial charge on any atom is -0.482 e. The summed E-state index contributed by atoms with van der Waals surface area (Å²) in [5.74, 6) is 0.299. The quantitative estimate of drug-likeness (QED) is 0.766. The summed E-state index contributed by atoms with van der Waals surface area (Å²) in [5, 5.41) is 2.93. The molecular formula is C21H31N3O4.